The number of benzene rings is 2. The molecule has 0 aliphatic rings. The predicted octanol–water partition coefficient (Wildman–Crippen LogP) is 4.00. The molecule has 20 heavy (non-hydrogen) atoms. The largest absolute Gasteiger partial charge is 0.494 e. The van der Waals surface area contributed by atoms with Crippen LogP contribution in [0.2, 0.25) is 5.02 Å². The van der Waals surface area contributed by atoms with Crippen molar-refractivity contribution < 1.29 is 14.3 Å². The molecule has 0 spiro atoms. The summed E-state index contributed by atoms with van der Waals surface area (Å²) in [6, 6.07) is 14.0. The van der Waals surface area contributed by atoms with Crippen LogP contribution in [-0.4, -0.2) is 19.0 Å². The number of carbonyl (C=O) groups is 1. The first-order valence-electron chi connectivity index (χ1n) is 6.33. The number of Topliss-reactive ketones (excluding diaryl/α,β-unsaturated/α-hetero) is 1. The minimum Gasteiger partial charge on any atom is -0.494 e. The molecular weight excluding hydrogens is 276 g/mol. The number of carbonyl (C=O) groups excluding carboxylic acids is 1. The number of halogens is 1. The molecule has 0 bridgehead atoms. The Morgan fingerprint density at radius 2 is 1.80 bits per heavy atom. The van der Waals surface area contributed by atoms with Crippen molar-refractivity contribution >= 4 is 17.4 Å². The first kappa shape index (κ1) is 14.4. The van der Waals surface area contributed by atoms with Gasteiger partial charge in [-0.25, -0.2) is 0 Å². The molecular formula is C16H15ClO3. The summed E-state index contributed by atoms with van der Waals surface area (Å²) in [5.74, 6) is 1.20. The molecule has 2 rings (SSSR count). The van der Waals surface area contributed by atoms with Crippen LogP contribution in [0.3, 0.4) is 0 Å². The molecule has 104 valence electrons. The van der Waals surface area contributed by atoms with Gasteiger partial charge in [-0.3, -0.25) is 4.79 Å². The van der Waals surface area contributed by atoms with Gasteiger partial charge in [0, 0.05) is 10.6 Å². The molecule has 0 aliphatic carbocycles. The summed E-state index contributed by atoms with van der Waals surface area (Å²) < 4.78 is 10.8. The lowest BCUT2D eigenvalue weighted by Crippen LogP contribution is -2.11. The molecule has 0 heterocycles. The summed E-state index contributed by atoms with van der Waals surface area (Å²) in [7, 11) is 0. The Balaban J connectivity index is 1.97. The van der Waals surface area contributed by atoms with Gasteiger partial charge in [-0.2, -0.15) is 0 Å². The standard InChI is InChI=1S/C16H15ClO3/c1-2-19-15-5-3-4-12(10-15)16(18)11-20-14-8-6-13(17)7-9-14/h3-10H,2,11H2,1H3. The molecule has 0 radical (unpaired) electrons. The second-order valence-corrected chi connectivity index (χ2v) is 4.56. The third kappa shape index (κ3) is 4.00. The second kappa shape index (κ2) is 6.96. The summed E-state index contributed by atoms with van der Waals surface area (Å²) >= 11 is 5.78. The first-order chi connectivity index (χ1) is 9.69. The van der Waals surface area contributed by atoms with E-state index in [4.69, 9.17) is 21.1 Å². The van der Waals surface area contributed by atoms with E-state index in [-0.39, 0.29) is 12.4 Å². The lowest BCUT2D eigenvalue weighted by molar-refractivity contribution is 0.0921. The SMILES string of the molecule is CCOc1cccc(C(=O)COc2ccc(Cl)cc2)c1. The minimum absolute atomic E-state index is 0.0167. The zero-order valence-electron chi connectivity index (χ0n) is 11.1. The monoisotopic (exact) mass is 290 g/mol. The first-order valence-corrected chi connectivity index (χ1v) is 6.71. The van der Waals surface area contributed by atoms with Crippen molar-refractivity contribution in [2.24, 2.45) is 0 Å². The summed E-state index contributed by atoms with van der Waals surface area (Å²) in [4.78, 5) is 12.0. The molecule has 0 saturated heterocycles. The molecule has 0 saturated carbocycles. The van der Waals surface area contributed by atoms with Crippen molar-refractivity contribution in [1.29, 1.82) is 0 Å². The van der Waals surface area contributed by atoms with Crippen molar-refractivity contribution in [3.05, 3.63) is 59.1 Å². The van der Waals surface area contributed by atoms with Crippen LogP contribution in [0.25, 0.3) is 0 Å². The van der Waals surface area contributed by atoms with Gasteiger partial charge in [0.25, 0.3) is 0 Å². The minimum atomic E-state index is -0.0958. The fraction of sp³-hybridized carbons (Fsp3) is 0.188. The highest BCUT2D eigenvalue weighted by Crippen LogP contribution is 2.17. The highest BCUT2D eigenvalue weighted by molar-refractivity contribution is 6.30. The van der Waals surface area contributed by atoms with E-state index in [1.54, 1.807) is 42.5 Å². The highest BCUT2D eigenvalue weighted by Gasteiger charge is 2.08. The van der Waals surface area contributed by atoms with Crippen molar-refractivity contribution in [2.75, 3.05) is 13.2 Å². The highest BCUT2D eigenvalue weighted by atomic mass is 35.5. The molecule has 0 atom stereocenters. The zero-order chi connectivity index (χ0) is 14.4. The Morgan fingerprint density at radius 3 is 2.50 bits per heavy atom. The third-order valence-electron chi connectivity index (χ3n) is 2.65. The van der Waals surface area contributed by atoms with Gasteiger partial charge in [-0.15, -0.1) is 0 Å². The van der Waals surface area contributed by atoms with Gasteiger partial charge < -0.3 is 9.47 Å². The number of hydrogen-bond acceptors (Lipinski definition) is 3. The van der Waals surface area contributed by atoms with E-state index in [0.29, 0.717) is 28.7 Å². The molecule has 4 heteroatoms. The van der Waals surface area contributed by atoms with Crippen LogP contribution in [0.15, 0.2) is 48.5 Å². The average molecular weight is 291 g/mol. The van der Waals surface area contributed by atoms with Crippen molar-refractivity contribution in [2.45, 2.75) is 6.92 Å². The van der Waals surface area contributed by atoms with E-state index in [0.717, 1.165) is 0 Å². The average Bonchev–Trinajstić information content (AvgIpc) is 2.47. The molecule has 2 aromatic carbocycles. The lowest BCUT2D eigenvalue weighted by atomic mass is 10.1. The fourth-order valence-electron chi connectivity index (χ4n) is 1.69. The number of hydrogen-bond donors (Lipinski definition) is 0. The Hall–Kier alpha value is -2.00. The van der Waals surface area contributed by atoms with E-state index >= 15 is 0 Å². The summed E-state index contributed by atoms with van der Waals surface area (Å²) in [6.07, 6.45) is 0. The molecule has 0 amide bonds. The smallest absolute Gasteiger partial charge is 0.200 e. The van der Waals surface area contributed by atoms with E-state index < -0.39 is 0 Å². The van der Waals surface area contributed by atoms with Crippen LogP contribution in [0, 0.1) is 0 Å². The molecule has 0 aromatic heterocycles. The maximum Gasteiger partial charge on any atom is 0.200 e. The van der Waals surface area contributed by atoms with E-state index in [1.807, 2.05) is 13.0 Å². The van der Waals surface area contributed by atoms with E-state index in [9.17, 15) is 4.79 Å². The van der Waals surface area contributed by atoms with Gasteiger partial charge in [0.05, 0.1) is 6.61 Å². The van der Waals surface area contributed by atoms with E-state index in [1.165, 1.54) is 0 Å². The van der Waals surface area contributed by atoms with E-state index in [2.05, 4.69) is 0 Å². The van der Waals surface area contributed by atoms with Crippen LogP contribution in [0.1, 0.15) is 17.3 Å². The fourth-order valence-corrected chi connectivity index (χ4v) is 1.82. The second-order valence-electron chi connectivity index (χ2n) is 4.13. The van der Waals surface area contributed by atoms with Crippen molar-refractivity contribution in [3.63, 3.8) is 0 Å². The maximum atomic E-state index is 12.0. The Morgan fingerprint density at radius 1 is 1.05 bits per heavy atom. The summed E-state index contributed by atoms with van der Waals surface area (Å²) in [6.45, 7) is 2.45. The molecule has 2 aromatic rings. The van der Waals surface area contributed by atoms with Crippen LogP contribution in [0.4, 0.5) is 0 Å². The van der Waals surface area contributed by atoms with Gasteiger partial charge in [-0.1, -0.05) is 23.7 Å². The van der Waals surface area contributed by atoms with Gasteiger partial charge in [0.2, 0.25) is 0 Å². The number of rotatable bonds is 6. The zero-order valence-corrected chi connectivity index (χ0v) is 11.9. The van der Waals surface area contributed by atoms with Gasteiger partial charge in [-0.05, 0) is 43.3 Å². The molecule has 0 N–H and O–H groups in total. The van der Waals surface area contributed by atoms with Crippen LogP contribution in [-0.2, 0) is 0 Å². The Bertz CT molecular complexity index is 579. The van der Waals surface area contributed by atoms with Crippen molar-refractivity contribution in [1.82, 2.24) is 0 Å². The molecule has 0 aliphatic heterocycles. The Kier molecular flexibility index (Phi) is 5.02. The quantitative estimate of drug-likeness (QED) is 0.754. The summed E-state index contributed by atoms with van der Waals surface area (Å²) in [5.41, 5.74) is 0.574. The predicted molar refractivity (Wildman–Crippen MR) is 78.9 cm³/mol. The normalized spacial score (nSPS) is 10.1. The lowest BCUT2D eigenvalue weighted by Gasteiger charge is -2.07. The Labute approximate surface area is 123 Å². The van der Waals surface area contributed by atoms with Crippen LogP contribution in [0.5, 0.6) is 11.5 Å². The molecule has 0 fully saturated rings. The van der Waals surface area contributed by atoms with Gasteiger partial charge in [0.1, 0.15) is 11.5 Å². The summed E-state index contributed by atoms with van der Waals surface area (Å²) in [5, 5.41) is 0.632. The molecule has 3 nitrogen and oxygen atoms in total. The third-order valence-corrected chi connectivity index (χ3v) is 2.90. The van der Waals surface area contributed by atoms with Crippen molar-refractivity contribution in [3.8, 4) is 11.5 Å². The maximum absolute atomic E-state index is 12.0. The van der Waals surface area contributed by atoms with Gasteiger partial charge >= 0.3 is 0 Å². The van der Waals surface area contributed by atoms with Gasteiger partial charge in [0.15, 0.2) is 12.4 Å². The number of ether oxygens (including phenoxy) is 2. The number of ketones is 1. The van der Waals surface area contributed by atoms with Crippen LogP contribution < -0.4 is 9.47 Å². The van der Waals surface area contributed by atoms with Crippen LogP contribution >= 0.6 is 11.6 Å². The topological polar surface area (TPSA) is 35.5 Å². The molecule has 0 unspecified atom stereocenters.